The van der Waals surface area contributed by atoms with Crippen molar-refractivity contribution >= 4 is 0 Å². The molecule has 0 saturated carbocycles. The Morgan fingerprint density at radius 2 is 1.31 bits per heavy atom. The fraction of sp³-hybridized carbons (Fsp3) is 0.522. The van der Waals surface area contributed by atoms with E-state index in [9.17, 15) is 23.4 Å². The molecule has 2 aromatic rings. The number of nitrogens with zero attached hydrogens (tertiary/aromatic N) is 1. The topological polar surface area (TPSA) is 53.4 Å². The summed E-state index contributed by atoms with van der Waals surface area (Å²) in [6.45, 7) is 14.2. The standard InChI is InChI=1S/C23H30F3NO2/c1-13-9-14(2)27-18(10-13)22(29,23(24,25)26)17-12-15(20(3,4)5)11-16(19(17)28)21(6,7)8/h9-12,28-29H,1-8H3. The van der Waals surface area contributed by atoms with Crippen molar-refractivity contribution in [1.82, 2.24) is 4.98 Å². The second kappa shape index (κ2) is 7.01. The third-order valence-electron chi connectivity index (χ3n) is 5.05. The molecule has 0 fully saturated rings. The minimum absolute atomic E-state index is 0.340. The van der Waals surface area contributed by atoms with Gasteiger partial charge in [0.05, 0.1) is 5.69 Å². The third-order valence-corrected chi connectivity index (χ3v) is 5.05. The molecule has 1 heterocycles. The van der Waals surface area contributed by atoms with Crippen LogP contribution >= 0.6 is 0 Å². The van der Waals surface area contributed by atoms with Gasteiger partial charge < -0.3 is 10.2 Å². The minimum atomic E-state index is -5.09. The van der Waals surface area contributed by atoms with Crippen LogP contribution < -0.4 is 0 Å². The highest BCUT2D eigenvalue weighted by Crippen LogP contribution is 2.50. The smallest absolute Gasteiger partial charge is 0.427 e. The molecular formula is C23H30F3NO2. The van der Waals surface area contributed by atoms with Crippen LogP contribution in [0.4, 0.5) is 13.2 Å². The summed E-state index contributed by atoms with van der Waals surface area (Å²) in [4.78, 5) is 3.99. The molecule has 0 saturated heterocycles. The van der Waals surface area contributed by atoms with Gasteiger partial charge in [0.15, 0.2) is 0 Å². The van der Waals surface area contributed by atoms with Crippen LogP contribution in [0.15, 0.2) is 24.3 Å². The van der Waals surface area contributed by atoms with Crippen molar-refractivity contribution in [1.29, 1.82) is 0 Å². The molecule has 0 bridgehead atoms. The van der Waals surface area contributed by atoms with Gasteiger partial charge in [-0.15, -0.1) is 0 Å². The van der Waals surface area contributed by atoms with Crippen LogP contribution in [0.1, 0.15) is 75.2 Å². The van der Waals surface area contributed by atoms with E-state index in [4.69, 9.17) is 0 Å². The predicted octanol–water partition coefficient (Wildman–Crippen LogP) is 5.80. The molecule has 3 nitrogen and oxygen atoms in total. The maximum absolute atomic E-state index is 14.4. The molecule has 0 aliphatic rings. The number of phenols is 1. The molecule has 1 aromatic heterocycles. The van der Waals surface area contributed by atoms with Crippen molar-refractivity contribution in [3.05, 3.63) is 57.9 Å². The molecule has 0 aliphatic carbocycles. The Morgan fingerprint density at radius 3 is 1.72 bits per heavy atom. The lowest BCUT2D eigenvalue weighted by Crippen LogP contribution is -2.44. The Hall–Kier alpha value is -2.08. The third kappa shape index (κ3) is 4.27. The maximum Gasteiger partial charge on any atom is 0.427 e. The van der Waals surface area contributed by atoms with Gasteiger partial charge in [-0.1, -0.05) is 47.6 Å². The summed E-state index contributed by atoms with van der Waals surface area (Å²) in [5.41, 5.74) is -3.91. The zero-order chi connectivity index (χ0) is 22.6. The second-order valence-corrected chi connectivity index (χ2v) is 9.80. The second-order valence-electron chi connectivity index (χ2n) is 9.80. The highest BCUT2D eigenvalue weighted by Gasteiger charge is 2.59. The first-order valence-electron chi connectivity index (χ1n) is 9.52. The molecule has 0 aliphatic heterocycles. The zero-order valence-electron chi connectivity index (χ0n) is 18.3. The molecule has 0 radical (unpaired) electrons. The molecule has 2 rings (SSSR count). The van der Waals surface area contributed by atoms with Gasteiger partial charge in [-0.3, -0.25) is 4.98 Å². The molecule has 1 aromatic carbocycles. The van der Waals surface area contributed by atoms with Crippen LogP contribution in [0.5, 0.6) is 5.75 Å². The summed E-state index contributed by atoms with van der Waals surface area (Å²) < 4.78 is 43.1. The number of pyridine rings is 1. The monoisotopic (exact) mass is 409 g/mol. The SMILES string of the molecule is Cc1cc(C)nc(C(O)(c2cc(C(C)(C)C)cc(C(C)(C)C)c2O)C(F)(F)F)c1. The number of aromatic nitrogens is 1. The Balaban J connectivity index is 3.02. The Morgan fingerprint density at radius 1 is 0.793 bits per heavy atom. The van der Waals surface area contributed by atoms with E-state index in [0.717, 1.165) is 0 Å². The normalized spacial score (nSPS) is 15.3. The van der Waals surface area contributed by atoms with Crippen LogP contribution in [-0.4, -0.2) is 21.4 Å². The molecule has 1 unspecified atom stereocenters. The van der Waals surface area contributed by atoms with Gasteiger partial charge in [0.25, 0.3) is 0 Å². The van der Waals surface area contributed by atoms with E-state index < -0.39 is 39.6 Å². The first-order chi connectivity index (χ1) is 12.9. The summed E-state index contributed by atoms with van der Waals surface area (Å²) in [5.74, 6) is -0.564. The molecule has 0 amide bonds. The van der Waals surface area contributed by atoms with Crippen molar-refractivity contribution in [2.75, 3.05) is 0 Å². The zero-order valence-corrected chi connectivity index (χ0v) is 18.3. The number of benzene rings is 1. The first-order valence-corrected chi connectivity index (χ1v) is 9.52. The van der Waals surface area contributed by atoms with Crippen LogP contribution in [-0.2, 0) is 16.4 Å². The van der Waals surface area contributed by atoms with Crippen LogP contribution in [0.2, 0.25) is 0 Å². The van der Waals surface area contributed by atoms with Crippen molar-refractivity contribution in [2.45, 2.75) is 78.0 Å². The van der Waals surface area contributed by atoms with Gasteiger partial charge in [-0.05, 0) is 59.6 Å². The van der Waals surface area contributed by atoms with E-state index in [1.807, 2.05) is 20.8 Å². The van der Waals surface area contributed by atoms with Crippen LogP contribution in [0.25, 0.3) is 0 Å². The fourth-order valence-electron chi connectivity index (χ4n) is 3.38. The van der Waals surface area contributed by atoms with Gasteiger partial charge in [-0.2, -0.15) is 13.2 Å². The summed E-state index contributed by atoms with van der Waals surface area (Å²) in [5, 5.41) is 22.1. The predicted molar refractivity (Wildman–Crippen MR) is 108 cm³/mol. The summed E-state index contributed by atoms with van der Waals surface area (Å²) >= 11 is 0. The van der Waals surface area contributed by atoms with Gasteiger partial charge in [-0.25, -0.2) is 0 Å². The Bertz CT molecular complexity index is 901. The van der Waals surface area contributed by atoms with E-state index in [1.54, 1.807) is 46.8 Å². The highest BCUT2D eigenvalue weighted by atomic mass is 19.4. The van der Waals surface area contributed by atoms with E-state index >= 15 is 0 Å². The molecule has 6 heteroatoms. The van der Waals surface area contributed by atoms with Crippen molar-refractivity contribution in [2.24, 2.45) is 0 Å². The van der Waals surface area contributed by atoms with Crippen LogP contribution in [0.3, 0.4) is 0 Å². The number of halogens is 3. The number of hydrogen-bond donors (Lipinski definition) is 2. The van der Waals surface area contributed by atoms with Gasteiger partial charge in [0, 0.05) is 11.3 Å². The summed E-state index contributed by atoms with van der Waals surface area (Å²) in [7, 11) is 0. The minimum Gasteiger partial charge on any atom is -0.507 e. The highest BCUT2D eigenvalue weighted by molar-refractivity contribution is 5.54. The number of aliphatic hydroxyl groups is 1. The lowest BCUT2D eigenvalue weighted by molar-refractivity contribution is -0.250. The number of aromatic hydroxyl groups is 1. The number of aryl methyl sites for hydroxylation is 2. The van der Waals surface area contributed by atoms with E-state index in [1.165, 1.54) is 12.1 Å². The number of hydrogen-bond acceptors (Lipinski definition) is 3. The van der Waals surface area contributed by atoms with E-state index in [-0.39, 0.29) is 0 Å². The number of alkyl halides is 3. The molecule has 2 N–H and O–H groups in total. The number of phenolic OH excluding ortho intramolecular Hbond substituents is 1. The van der Waals surface area contributed by atoms with Gasteiger partial charge in [0.2, 0.25) is 5.60 Å². The summed E-state index contributed by atoms with van der Waals surface area (Å²) in [6, 6.07) is 5.80. The van der Waals surface area contributed by atoms with E-state index in [2.05, 4.69) is 4.98 Å². The number of rotatable bonds is 2. The van der Waals surface area contributed by atoms with Gasteiger partial charge in [0.1, 0.15) is 5.75 Å². The fourth-order valence-corrected chi connectivity index (χ4v) is 3.38. The van der Waals surface area contributed by atoms with Crippen molar-refractivity contribution < 1.29 is 23.4 Å². The summed E-state index contributed by atoms with van der Waals surface area (Å²) in [6.07, 6.45) is -5.09. The molecule has 160 valence electrons. The average Bonchev–Trinajstić information content (AvgIpc) is 2.49. The Labute approximate surface area is 170 Å². The molecule has 29 heavy (non-hydrogen) atoms. The maximum atomic E-state index is 14.4. The van der Waals surface area contributed by atoms with Gasteiger partial charge >= 0.3 is 6.18 Å². The quantitative estimate of drug-likeness (QED) is 0.659. The molecule has 1 atom stereocenters. The lowest BCUT2D eigenvalue weighted by atomic mass is 9.75. The average molecular weight is 409 g/mol. The molecular weight excluding hydrogens is 379 g/mol. The first kappa shape index (κ1) is 23.2. The van der Waals surface area contributed by atoms with Crippen molar-refractivity contribution in [3.8, 4) is 5.75 Å². The Kier molecular flexibility index (Phi) is 5.61. The van der Waals surface area contributed by atoms with Crippen LogP contribution in [0, 0.1) is 13.8 Å². The lowest BCUT2D eigenvalue weighted by Gasteiger charge is -2.35. The molecule has 0 spiro atoms. The van der Waals surface area contributed by atoms with E-state index in [0.29, 0.717) is 22.4 Å². The van der Waals surface area contributed by atoms with Crippen molar-refractivity contribution in [3.63, 3.8) is 0 Å². The largest absolute Gasteiger partial charge is 0.507 e.